The molecule has 6 heteroatoms. The monoisotopic (exact) mass is 1090 g/mol. The van der Waals surface area contributed by atoms with Crippen molar-refractivity contribution in [3.05, 3.63) is 224 Å². The van der Waals surface area contributed by atoms with Gasteiger partial charge in [0.15, 0.2) is 18.0 Å². The van der Waals surface area contributed by atoms with E-state index in [2.05, 4.69) is 211 Å². The van der Waals surface area contributed by atoms with Crippen LogP contribution in [0, 0.1) is 25.7 Å². The third-order valence-corrected chi connectivity index (χ3v) is 14.2. The molecule has 348 valence electrons. The van der Waals surface area contributed by atoms with Gasteiger partial charge in [0.2, 0.25) is 0 Å². The molecule has 3 aliphatic rings. The smallest absolute Gasteiger partial charge is 0.184 e. The molecule has 3 aliphatic heterocycles. The van der Waals surface area contributed by atoms with Crippen molar-refractivity contribution in [2.24, 2.45) is 0 Å². The minimum absolute atomic E-state index is 0. The van der Waals surface area contributed by atoms with Gasteiger partial charge in [-0.05, 0) is 81.2 Å². The normalized spacial score (nSPS) is 18.1. The van der Waals surface area contributed by atoms with E-state index in [0.29, 0.717) is 23.7 Å². The molecule has 1 saturated heterocycles. The number of fused-ring (bicyclic) bond motifs is 3. The summed E-state index contributed by atoms with van der Waals surface area (Å²) in [7, 11) is 0. The van der Waals surface area contributed by atoms with Crippen LogP contribution in [0.15, 0.2) is 188 Å². The largest absolute Gasteiger partial charge is 0.509 e. The van der Waals surface area contributed by atoms with E-state index in [1.54, 1.807) is 6.07 Å². The fourth-order valence-corrected chi connectivity index (χ4v) is 10.8. The molecule has 0 radical (unpaired) electrons. The first-order valence-electron chi connectivity index (χ1n) is 25.3. The average molecular weight is 1090 g/mol. The van der Waals surface area contributed by atoms with Crippen LogP contribution in [0.1, 0.15) is 62.3 Å². The number of hydrogen-bond acceptors (Lipinski definition) is 2. The van der Waals surface area contributed by atoms with Crippen LogP contribution in [-0.2, 0) is 31.9 Å². The minimum atomic E-state index is -2.38. The Morgan fingerprint density at radius 3 is 1.86 bits per heavy atom. The third kappa shape index (κ3) is 7.37. The zero-order chi connectivity index (χ0) is 49.8. The Morgan fingerprint density at radius 2 is 1.21 bits per heavy atom. The molecule has 5 heterocycles. The maximum Gasteiger partial charge on any atom is 0.184 e. The number of pyridine rings is 1. The zero-order valence-electron chi connectivity index (χ0n) is 43.2. The maximum absolute atomic E-state index is 8.99. The van der Waals surface area contributed by atoms with E-state index in [1.807, 2.05) is 36.5 Å². The van der Waals surface area contributed by atoms with Crippen molar-refractivity contribution in [3.8, 4) is 50.7 Å². The van der Waals surface area contributed by atoms with Crippen molar-refractivity contribution < 1.29 is 29.9 Å². The number of rotatable bonds is 8. The number of nitrogens with zero attached hydrogens (tertiary/aromatic N) is 4. The van der Waals surface area contributed by atoms with E-state index in [4.69, 9.17) is 13.8 Å². The Balaban J connectivity index is 0.00000574. The quantitative estimate of drug-likeness (QED) is 0.112. The van der Waals surface area contributed by atoms with Gasteiger partial charge in [-0.15, -0.1) is 35.2 Å². The van der Waals surface area contributed by atoms with Crippen molar-refractivity contribution in [2.75, 3.05) is 6.67 Å². The van der Waals surface area contributed by atoms with E-state index in [0.717, 1.165) is 89.3 Å². The molecule has 2 bridgehead atoms. The van der Waals surface area contributed by atoms with Crippen LogP contribution in [0.25, 0.3) is 61.0 Å². The molecule has 5 nitrogen and oxygen atoms in total. The maximum atomic E-state index is 8.99. The summed E-state index contributed by atoms with van der Waals surface area (Å²) in [4.78, 5) is 4.96. The summed E-state index contributed by atoms with van der Waals surface area (Å²) in [6.45, 7) is 13.7. The molecule has 1 fully saturated rings. The average Bonchev–Trinajstić information content (AvgIpc) is 3.97. The molecule has 0 spiro atoms. The Hall–Kier alpha value is -6.88. The van der Waals surface area contributed by atoms with Gasteiger partial charge in [-0.3, -0.25) is 4.48 Å². The molecule has 0 N–H and O–H groups in total. The van der Waals surface area contributed by atoms with Gasteiger partial charge in [0.1, 0.15) is 11.5 Å². The summed E-state index contributed by atoms with van der Waals surface area (Å²) >= 11 is 0. The number of benzene rings is 8. The van der Waals surface area contributed by atoms with Crippen molar-refractivity contribution in [1.29, 1.82) is 0 Å². The van der Waals surface area contributed by atoms with Gasteiger partial charge in [0.25, 0.3) is 0 Å². The van der Waals surface area contributed by atoms with Gasteiger partial charge in [-0.1, -0.05) is 174 Å². The molecule has 2 aromatic heterocycles. The van der Waals surface area contributed by atoms with Crippen molar-refractivity contribution in [3.63, 3.8) is 0 Å². The van der Waals surface area contributed by atoms with Gasteiger partial charge < -0.3 is 13.8 Å². The van der Waals surface area contributed by atoms with Crippen LogP contribution in [0.3, 0.4) is 0 Å². The molecular weight excluding hydrogens is 1040 g/mol. The third-order valence-electron chi connectivity index (χ3n) is 14.2. The second-order valence-electron chi connectivity index (χ2n) is 20.7. The second-order valence-corrected chi connectivity index (χ2v) is 20.7. The molecular formula is C64H55N4OPt-. The van der Waals surface area contributed by atoms with Crippen LogP contribution in [0.4, 0.5) is 22.7 Å². The first-order chi connectivity index (χ1) is 34.5. The first-order valence-corrected chi connectivity index (χ1v) is 23.8. The number of aryl methyl sites for hydroxylation is 1. The predicted molar refractivity (Wildman–Crippen MR) is 286 cm³/mol. The van der Waals surface area contributed by atoms with Crippen LogP contribution in [0.2, 0.25) is 0 Å². The van der Waals surface area contributed by atoms with Crippen molar-refractivity contribution >= 4 is 44.6 Å². The molecule has 13 rings (SSSR count). The molecule has 10 aromatic rings. The van der Waals surface area contributed by atoms with Crippen LogP contribution < -0.4 is 13.7 Å². The van der Waals surface area contributed by atoms with Crippen LogP contribution in [-0.4, -0.2) is 16.2 Å². The number of quaternary nitrogens is 2. The summed E-state index contributed by atoms with van der Waals surface area (Å²) in [5.41, 5.74) is 14.2. The molecule has 2 atom stereocenters. The second kappa shape index (κ2) is 16.9. The summed E-state index contributed by atoms with van der Waals surface area (Å²) in [6.07, 6.45) is 1.90. The molecule has 8 aromatic carbocycles. The van der Waals surface area contributed by atoms with Crippen molar-refractivity contribution in [2.45, 2.75) is 59.2 Å². The van der Waals surface area contributed by atoms with Crippen LogP contribution in [0.5, 0.6) is 11.5 Å². The first kappa shape index (κ1) is 42.0. The fraction of sp³-hybridized carbons (Fsp3) is 0.156. The SMILES string of the molecule is [2H]C([2H])([2H])c1cccc2c1[N@@+]1(c3c(-c4ccccc4)cccc3-c3ccccc3)[CH-][N@+]2(c2[c-]c(Oc3[c-]c4c(cc3)c3cc(-c5ccccc5)ccc3n4-c3cc(C(C)(C)C)ccn3)cc(C(C)(C)C)c2)C1.[Pt]. The number of aromatic nitrogens is 2. The van der Waals surface area contributed by atoms with Gasteiger partial charge >= 0.3 is 0 Å². The van der Waals surface area contributed by atoms with E-state index >= 15 is 0 Å². The molecule has 70 heavy (non-hydrogen) atoms. The summed E-state index contributed by atoms with van der Waals surface area (Å²) in [5, 5.41) is 2.14. The Kier molecular flexibility index (Phi) is 10.2. The van der Waals surface area contributed by atoms with Gasteiger partial charge in [-0.2, -0.15) is 6.07 Å². The Morgan fingerprint density at radius 1 is 0.571 bits per heavy atom. The van der Waals surface area contributed by atoms with Gasteiger partial charge in [0, 0.05) is 76.8 Å². The van der Waals surface area contributed by atoms with E-state index < -0.39 is 6.85 Å². The topological polar surface area (TPSA) is 27.1 Å². The number of ether oxygens (including phenoxy) is 1. The van der Waals surface area contributed by atoms with E-state index in [9.17, 15) is 0 Å². The summed E-state index contributed by atoms with van der Waals surface area (Å²) < 4.78 is 36.7. The number of para-hydroxylation sites is 2. The van der Waals surface area contributed by atoms with Crippen molar-refractivity contribution in [1.82, 2.24) is 18.5 Å². The Labute approximate surface area is 430 Å². The number of hydrogen-bond donors (Lipinski definition) is 0. The van der Waals surface area contributed by atoms with Crippen LogP contribution >= 0.6 is 0 Å². The standard InChI is InChI=1S/C64H55N4O.Pt/c1-43-19-17-28-59-61(43)68(62-53(45-22-13-9-14-23-45)26-18-27-54(62)46-24-15-10-16-25-46)41-67(59,42-68)50-36-49(64(5,6)7)37-52(39-50)69-51-30-31-55-56-35-47(44-20-11-8-12-21-44)29-32-57(56)66(58(55)40-51)60-38-48(33-34-65-60)63(2,3)4;/h8-38,41H,42H2,1-7H3;/q-1;/t67-,68-;/m1./s1/i1D3;. The molecule has 0 saturated carbocycles. The molecule has 0 amide bonds. The van der Waals surface area contributed by atoms with Gasteiger partial charge in [0.05, 0.1) is 6.67 Å². The summed E-state index contributed by atoms with van der Waals surface area (Å²) in [6, 6.07) is 70.5. The minimum Gasteiger partial charge on any atom is -0.509 e. The van der Waals surface area contributed by atoms with Gasteiger partial charge in [-0.25, -0.2) is 4.98 Å². The fourth-order valence-electron chi connectivity index (χ4n) is 10.8. The predicted octanol–water partition coefficient (Wildman–Crippen LogP) is 16.9. The van der Waals surface area contributed by atoms with E-state index in [-0.39, 0.29) is 40.9 Å². The molecule has 0 unspecified atom stereocenters. The summed E-state index contributed by atoms with van der Waals surface area (Å²) in [5.74, 6) is 1.91. The zero-order valence-corrected chi connectivity index (χ0v) is 42.5. The van der Waals surface area contributed by atoms with E-state index in [1.165, 1.54) is 5.56 Å². The molecule has 0 aliphatic carbocycles. The Bertz CT molecular complexity index is 3680.